The maximum absolute atomic E-state index is 6.23. The fraction of sp³-hybridized carbons (Fsp3) is 0.450. The third kappa shape index (κ3) is 3.72. The average Bonchev–Trinajstić information content (AvgIpc) is 3.03. The highest BCUT2D eigenvalue weighted by Crippen LogP contribution is 2.45. The molecule has 6 nitrogen and oxygen atoms in total. The monoisotopic (exact) mass is 385 g/mol. The molecule has 144 valence electrons. The molecule has 0 radical (unpaired) electrons. The number of aromatic nitrogens is 1. The second kappa shape index (κ2) is 7.58. The number of hydrogen-bond acceptors (Lipinski definition) is 7. The molecule has 0 aliphatic carbocycles. The van der Waals surface area contributed by atoms with Gasteiger partial charge < -0.3 is 26.0 Å². The van der Waals surface area contributed by atoms with E-state index >= 15 is 0 Å². The number of hydrogen-bond donors (Lipinski definition) is 2. The van der Waals surface area contributed by atoms with E-state index in [0.29, 0.717) is 0 Å². The lowest BCUT2D eigenvalue weighted by atomic mass is 10.1. The maximum Gasteiger partial charge on any atom is 0.136 e. The van der Waals surface area contributed by atoms with E-state index in [2.05, 4.69) is 33.1 Å². The lowest BCUT2D eigenvalue weighted by Crippen LogP contribution is -2.43. The summed E-state index contributed by atoms with van der Waals surface area (Å²) in [4.78, 5) is 10.0. The van der Waals surface area contributed by atoms with Gasteiger partial charge in [0.25, 0.3) is 0 Å². The van der Waals surface area contributed by atoms with Crippen LogP contribution in [0.1, 0.15) is 26.7 Å². The molecule has 3 aliphatic rings. The number of anilines is 2. The van der Waals surface area contributed by atoms with Crippen LogP contribution in [0.3, 0.4) is 0 Å². The molecule has 1 saturated heterocycles. The first-order valence-corrected chi connectivity index (χ1v) is 10.4. The van der Waals surface area contributed by atoms with Crippen molar-refractivity contribution in [2.75, 3.05) is 22.9 Å². The van der Waals surface area contributed by atoms with Crippen LogP contribution >= 0.6 is 11.8 Å². The van der Waals surface area contributed by atoms with E-state index in [1.807, 2.05) is 32.3 Å². The molecule has 3 aliphatic heterocycles. The summed E-state index contributed by atoms with van der Waals surface area (Å²) in [6.45, 7) is 5.96. The molecule has 1 unspecified atom stereocenters. The van der Waals surface area contributed by atoms with Crippen LogP contribution in [0.25, 0.3) is 0 Å². The van der Waals surface area contributed by atoms with E-state index in [1.165, 1.54) is 0 Å². The molecule has 0 bridgehead atoms. The van der Waals surface area contributed by atoms with Gasteiger partial charge >= 0.3 is 0 Å². The summed E-state index contributed by atoms with van der Waals surface area (Å²) < 4.78 is 6.00. The topological polar surface area (TPSA) is 80.6 Å². The molecule has 1 aromatic rings. The molecule has 0 saturated carbocycles. The number of nitrogens with two attached hydrogens (primary N) is 2. The van der Waals surface area contributed by atoms with Crippen LogP contribution in [0.2, 0.25) is 0 Å². The third-order valence-electron chi connectivity index (χ3n) is 4.87. The largest absolute Gasteiger partial charge is 0.490 e. The summed E-state index contributed by atoms with van der Waals surface area (Å²) in [5.41, 5.74) is 15.7. The number of pyridine rings is 1. The smallest absolute Gasteiger partial charge is 0.136 e. The number of fused-ring (bicyclic) bond motifs is 1. The lowest BCUT2D eigenvalue weighted by molar-refractivity contribution is 0.156. The summed E-state index contributed by atoms with van der Waals surface area (Å²) in [5.74, 6) is 0.885. The Bertz CT molecular complexity index is 803. The number of thioether (sulfide) groups is 1. The Kier molecular flexibility index (Phi) is 5.16. The average molecular weight is 386 g/mol. The quantitative estimate of drug-likeness (QED) is 0.825. The minimum Gasteiger partial charge on any atom is -0.490 e. The van der Waals surface area contributed by atoms with Gasteiger partial charge in [-0.05, 0) is 44.9 Å². The van der Waals surface area contributed by atoms with E-state index in [0.717, 1.165) is 53.7 Å². The fourth-order valence-electron chi connectivity index (χ4n) is 3.75. The molecule has 7 heteroatoms. The Balaban J connectivity index is 1.70. The van der Waals surface area contributed by atoms with Crippen molar-refractivity contribution in [3.8, 4) is 0 Å². The van der Waals surface area contributed by atoms with Crippen LogP contribution in [0.15, 0.2) is 53.2 Å². The minimum absolute atomic E-state index is 0.0771. The Hall–Kier alpha value is -1.96. The van der Waals surface area contributed by atoms with Crippen molar-refractivity contribution in [3.63, 3.8) is 0 Å². The molecular formula is C20H27N5OS. The van der Waals surface area contributed by atoms with E-state index in [4.69, 9.17) is 16.2 Å². The van der Waals surface area contributed by atoms with Gasteiger partial charge in [-0.2, -0.15) is 0 Å². The fourth-order valence-corrected chi connectivity index (χ4v) is 4.74. The second-order valence-corrected chi connectivity index (χ2v) is 8.58. The predicted molar refractivity (Wildman–Crippen MR) is 112 cm³/mol. The van der Waals surface area contributed by atoms with Gasteiger partial charge in [-0.1, -0.05) is 11.8 Å². The summed E-state index contributed by atoms with van der Waals surface area (Å²) in [7, 11) is 0. The molecule has 4 heterocycles. The minimum atomic E-state index is -0.0771. The Morgan fingerprint density at radius 2 is 2.15 bits per heavy atom. The molecular weight excluding hydrogens is 358 g/mol. The van der Waals surface area contributed by atoms with Crippen molar-refractivity contribution in [2.45, 2.75) is 44.2 Å². The van der Waals surface area contributed by atoms with Crippen LogP contribution < -0.4 is 21.3 Å². The van der Waals surface area contributed by atoms with E-state index in [1.54, 1.807) is 11.8 Å². The van der Waals surface area contributed by atoms with Gasteiger partial charge in [-0.3, -0.25) is 4.98 Å². The highest BCUT2D eigenvalue weighted by Gasteiger charge is 2.32. The molecule has 4 N–H and O–H groups in total. The highest BCUT2D eigenvalue weighted by molar-refractivity contribution is 8.04. The van der Waals surface area contributed by atoms with Crippen molar-refractivity contribution < 1.29 is 4.74 Å². The highest BCUT2D eigenvalue weighted by atomic mass is 32.2. The number of rotatable bonds is 4. The molecule has 27 heavy (non-hydrogen) atoms. The van der Waals surface area contributed by atoms with Gasteiger partial charge in [0.2, 0.25) is 0 Å². The number of allylic oxidation sites excluding steroid dienone is 1. The summed E-state index contributed by atoms with van der Waals surface area (Å²) in [5, 5.41) is -0.0771. The first-order chi connectivity index (χ1) is 13.0. The van der Waals surface area contributed by atoms with Crippen LogP contribution in [0.5, 0.6) is 0 Å². The van der Waals surface area contributed by atoms with Gasteiger partial charge in [-0.15, -0.1) is 0 Å². The normalized spacial score (nSPS) is 25.1. The first-order valence-electron chi connectivity index (χ1n) is 9.50. The summed E-state index contributed by atoms with van der Waals surface area (Å²) in [6.07, 6.45) is 12.2. The van der Waals surface area contributed by atoms with Crippen molar-refractivity contribution in [3.05, 3.63) is 53.2 Å². The van der Waals surface area contributed by atoms with Crippen molar-refractivity contribution in [2.24, 2.45) is 11.5 Å². The van der Waals surface area contributed by atoms with Gasteiger partial charge in [0.15, 0.2) is 0 Å². The number of ether oxygens (including phenoxy) is 1. The molecule has 1 fully saturated rings. The van der Waals surface area contributed by atoms with Crippen LogP contribution in [-0.4, -0.2) is 35.6 Å². The lowest BCUT2D eigenvalue weighted by Gasteiger charge is -2.36. The van der Waals surface area contributed by atoms with E-state index in [-0.39, 0.29) is 17.5 Å². The molecule has 1 aromatic heterocycles. The second-order valence-electron chi connectivity index (χ2n) is 7.39. The van der Waals surface area contributed by atoms with Gasteiger partial charge in [0.05, 0.1) is 39.7 Å². The zero-order valence-electron chi connectivity index (χ0n) is 15.8. The molecule has 2 atom stereocenters. The van der Waals surface area contributed by atoms with Gasteiger partial charge in [0, 0.05) is 31.5 Å². The molecule has 0 spiro atoms. The number of nitrogens with zero attached hydrogens (tertiary/aromatic N) is 3. The Morgan fingerprint density at radius 1 is 1.30 bits per heavy atom. The van der Waals surface area contributed by atoms with E-state index < -0.39 is 0 Å². The first kappa shape index (κ1) is 18.4. The zero-order chi connectivity index (χ0) is 19.0. The van der Waals surface area contributed by atoms with Crippen LogP contribution in [0.4, 0.5) is 11.4 Å². The Labute approximate surface area is 164 Å². The predicted octanol–water partition coefficient (Wildman–Crippen LogP) is 2.89. The molecule has 4 rings (SSSR count). The van der Waals surface area contributed by atoms with Crippen molar-refractivity contribution in [1.29, 1.82) is 0 Å². The third-order valence-corrected chi connectivity index (χ3v) is 5.92. The SMILES string of the molecule is CC(C)OC1=C2SC(N)C=C2N(c2cnccc2N2CCC[C@@H](N)C2)C=C1. The van der Waals surface area contributed by atoms with Gasteiger partial charge in [-0.25, -0.2) is 0 Å². The maximum atomic E-state index is 6.23. The van der Waals surface area contributed by atoms with Crippen molar-refractivity contribution in [1.82, 2.24) is 4.98 Å². The summed E-state index contributed by atoms with van der Waals surface area (Å²) >= 11 is 1.63. The Morgan fingerprint density at radius 3 is 2.93 bits per heavy atom. The molecule has 0 aromatic carbocycles. The standard InChI is InChI=1S/C20H27N5OS/c1-13(2)26-18-6-9-25(16-10-19(22)27-20(16)18)17-11-23-7-5-15(17)24-8-3-4-14(21)12-24/h5-7,9-11,13-14,19H,3-4,8,12,21-22H2,1-2H3/t14-,19?/m1/s1. The van der Waals surface area contributed by atoms with E-state index in [9.17, 15) is 0 Å². The van der Waals surface area contributed by atoms with Crippen molar-refractivity contribution >= 4 is 23.1 Å². The number of piperidine rings is 1. The summed E-state index contributed by atoms with van der Waals surface area (Å²) in [6, 6.07) is 2.29. The van der Waals surface area contributed by atoms with Crippen LogP contribution in [-0.2, 0) is 4.74 Å². The zero-order valence-corrected chi connectivity index (χ0v) is 16.7. The van der Waals surface area contributed by atoms with Crippen LogP contribution in [0, 0.1) is 0 Å². The van der Waals surface area contributed by atoms with Gasteiger partial charge in [0.1, 0.15) is 5.76 Å². The molecule has 0 amide bonds.